The molecule has 0 aliphatic heterocycles. The van der Waals surface area contributed by atoms with Crippen molar-refractivity contribution >= 4 is 11.7 Å². The molecule has 0 aliphatic rings. The normalized spacial score (nSPS) is 10.6. The average Bonchev–Trinajstić information content (AvgIpc) is 2.22. The van der Waals surface area contributed by atoms with E-state index in [0.29, 0.717) is 0 Å². The molecule has 0 bridgehead atoms. The van der Waals surface area contributed by atoms with Gasteiger partial charge >= 0.3 is 5.97 Å². The Balaban J connectivity index is 3.05. The lowest BCUT2D eigenvalue weighted by molar-refractivity contribution is -0.139. The molecule has 0 saturated carbocycles. The second kappa shape index (κ2) is 4.82. The van der Waals surface area contributed by atoms with Crippen molar-refractivity contribution in [3.05, 3.63) is 23.3 Å². The zero-order chi connectivity index (χ0) is 12.3. The third-order valence-electron chi connectivity index (χ3n) is 1.89. The predicted octanol–water partition coefficient (Wildman–Crippen LogP) is 1.46. The summed E-state index contributed by atoms with van der Waals surface area (Å²) in [5.41, 5.74) is 4.20. The van der Waals surface area contributed by atoms with Gasteiger partial charge in [-0.3, -0.25) is 4.79 Å². The Kier molecular flexibility index (Phi) is 3.70. The summed E-state index contributed by atoms with van der Waals surface area (Å²) in [4.78, 5) is 14.1. The fourth-order valence-electron chi connectivity index (χ4n) is 1.06. The van der Waals surface area contributed by atoms with Crippen molar-refractivity contribution in [1.82, 2.24) is 4.98 Å². The summed E-state index contributed by atoms with van der Waals surface area (Å²) in [7, 11) is 1.14. The summed E-state index contributed by atoms with van der Waals surface area (Å²) in [6.07, 6.45) is -3.36. The first-order valence-corrected chi connectivity index (χ1v) is 4.25. The van der Waals surface area contributed by atoms with Gasteiger partial charge in [0.25, 0.3) is 6.43 Å². The lowest BCUT2D eigenvalue weighted by Gasteiger charge is -2.07. The van der Waals surface area contributed by atoms with Gasteiger partial charge in [-0.1, -0.05) is 0 Å². The van der Waals surface area contributed by atoms with Crippen molar-refractivity contribution in [2.45, 2.75) is 12.8 Å². The molecular weight excluding hydrogens is 225 g/mol. The number of hydrogen-bond acceptors (Lipinski definition) is 4. The van der Waals surface area contributed by atoms with Gasteiger partial charge in [0.2, 0.25) is 5.95 Å². The van der Waals surface area contributed by atoms with Crippen molar-refractivity contribution in [1.29, 1.82) is 0 Å². The van der Waals surface area contributed by atoms with E-state index in [1.54, 1.807) is 0 Å². The molecule has 1 aromatic rings. The number of esters is 1. The lowest BCUT2D eigenvalue weighted by Crippen LogP contribution is -2.11. The molecule has 0 fully saturated rings. The highest BCUT2D eigenvalue weighted by Crippen LogP contribution is 2.24. The molecule has 2 N–H and O–H groups in total. The van der Waals surface area contributed by atoms with E-state index < -0.39 is 23.9 Å². The van der Waals surface area contributed by atoms with Gasteiger partial charge in [-0.25, -0.2) is 13.8 Å². The minimum absolute atomic E-state index is 0.117. The molecule has 0 spiro atoms. The van der Waals surface area contributed by atoms with Crippen molar-refractivity contribution in [2.75, 3.05) is 12.8 Å². The number of carbonyl (C=O) groups is 1. The number of carbonyl (C=O) groups excluding carboxylic acids is 1. The van der Waals surface area contributed by atoms with Gasteiger partial charge in [0.1, 0.15) is 0 Å². The summed E-state index contributed by atoms with van der Waals surface area (Å²) in [6.45, 7) is 0. The fourth-order valence-corrected chi connectivity index (χ4v) is 1.06. The Hall–Kier alpha value is -1.79. The Morgan fingerprint density at radius 3 is 2.75 bits per heavy atom. The number of alkyl halides is 2. The van der Waals surface area contributed by atoms with Crippen LogP contribution in [0.15, 0.2) is 6.07 Å². The van der Waals surface area contributed by atoms with Crippen LogP contribution in [-0.4, -0.2) is 18.1 Å². The van der Waals surface area contributed by atoms with Crippen molar-refractivity contribution in [2.24, 2.45) is 0 Å². The molecule has 1 aromatic heterocycles. The van der Waals surface area contributed by atoms with E-state index in [2.05, 4.69) is 9.72 Å². The number of anilines is 1. The number of nitrogens with zero attached hydrogens (tertiary/aromatic N) is 1. The van der Waals surface area contributed by atoms with Gasteiger partial charge in [-0.15, -0.1) is 0 Å². The maximum Gasteiger partial charge on any atom is 0.311 e. The molecular formula is C9H9F3N2O2. The molecule has 0 aromatic carbocycles. The third-order valence-corrected chi connectivity index (χ3v) is 1.89. The van der Waals surface area contributed by atoms with Crippen LogP contribution in [0.4, 0.5) is 18.9 Å². The maximum absolute atomic E-state index is 13.0. The number of nitrogens with two attached hydrogens (primary N) is 1. The zero-order valence-corrected chi connectivity index (χ0v) is 8.34. The van der Waals surface area contributed by atoms with Gasteiger partial charge in [0.15, 0.2) is 0 Å². The minimum Gasteiger partial charge on any atom is -0.469 e. The fraction of sp³-hybridized carbons (Fsp3) is 0.333. The van der Waals surface area contributed by atoms with Gasteiger partial charge in [-0.2, -0.15) is 4.39 Å². The van der Waals surface area contributed by atoms with E-state index in [4.69, 9.17) is 5.73 Å². The molecule has 0 aliphatic carbocycles. The van der Waals surface area contributed by atoms with Crippen LogP contribution in [0.1, 0.15) is 17.7 Å². The maximum atomic E-state index is 13.0. The van der Waals surface area contributed by atoms with Crippen LogP contribution < -0.4 is 5.73 Å². The molecule has 7 heteroatoms. The highest BCUT2D eigenvalue weighted by atomic mass is 19.3. The number of nitrogen functional groups attached to an aromatic ring is 1. The SMILES string of the molecule is COC(=O)Cc1nc(F)c(C(F)F)cc1N. The minimum atomic E-state index is -3.00. The number of halogens is 3. The number of methoxy groups -OCH3 is 1. The summed E-state index contributed by atoms with van der Waals surface area (Å²) < 4.78 is 41.8. The van der Waals surface area contributed by atoms with Crippen LogP contribution in [-0.2, 0) is 16.0 Å². The first kappa shape index (κ1) is 12.3. The number of pyridine rings is 1. The Morgan fingerprint density at radius 1 is 1.62 bits per heavy atom. The highest BCUT2D eigenvalue weighted by molar-refractivity contribution is 5.73. The van der Waals surface area contributed by atoms with Crippen LogP contribution in [0.5, 0.6) is 0 Å². The van der Waals surface area contributed by atoms with Crippen LogP contribution in [0.3, 0.4) is 0 Å². The Morgan fingerprint density at radius 2 is 2.25 bits per heavy atom. The molecule has 0 atom stereocenters. The molecule has 16 heavy (non-hydrogen) atoms. The van der Waals surface area contributed by atoms with Gasteiger partial charge < -0.3 is 10.5 Å². The van der Waals surface area contributed by atoms with E-state index in [1.165, 1.54) is 0 Å². The molecule has 4 nitrogen and oxygen atoms in total. The summed E-state index contributed by atoms with van der Waals surface area (Å²) in [5, 5.41) is 0. The first-order chi connectivity index (χ1) is 7.45. The average molecular weight is 234 g/mol. The van der Waals surface area contributed by atoms with Crippen LogP contribution >= 0.6 is 0 Å². The quantitative estimate of drug-likeness (QED) is 0.635. The predicted molar refractivity (Wildman–Crippen MR) is 49.3 cm³/mol. The number of aromatic nitrogens is 1. The largest absolute Gasteiger partial charge is 0.469 e. The van der Waals surface area contributed by atoms with Crippen LogP contribution in [0.25, 0.3) is 0 Å². The smallest absolute Gasteiger partial charge is 0.311 e. The van der Waals surface area contributed by atoms with Crippen molar-refractivity contribution in [3.63, 3.8) is 0 Å². The zero-order valence-electron chi connectivity index (χ0n) is 8.34. The summed E-state index contributed by atoms with van der Waals surface area (Å²) in [5.74, 6) is -2.01. The molecule has 0 unspecified atom stereocenters. The Bertz CT molecular complexity index is 410. The molecule has 0 radical (unpaired) electrons. The van der Waals surface area contributed by atoms with E-state index in [-0.39, 0.29) is 17.8 Å². The molecule has 88 valence electrons. The number of rotatable bonds is 3. The van der Waals surface area contributed by atoms with Crippen molar-refractivity contribution < 1.29 is 22.7 Å². The Labute approximate surface area is 89.2 Å². The molecule has 1 heterocycles. The summed E-state index contributed by atoms with van der Waals surface area (Å²) in [6, 6.07) is 0.769. The standard InChI is InChI=1S/C9H9F3N2O2/c1-16-7(15)3-6-5(13)2-4(8(10)11)9(12)14-6/h2,8H,3,13H2,1H3. The first-order valence-electron chi connectivity index (χ1n) is 4.25. The third kappa shape index (κ3) is 2.62. The van der Waals surface area contributed by atoms with Gasteiger partial charge in [0, 0.05) is 0 Å². The van der Waals surface area contributed by atoms with Crippen LogP contribution in [0, 0.1) is 5.95 Å². The molecule has 0 saturated heterocycles. The highest BCUT2D eigenvalue weighted by Gasteiger charge is 2.18. The van der Waals surface area contributed by atoms with Gasteiger partial charge in [-0.05, 0) is 6.07 Å². The van der Waals surface area contributed by atoms with E-state index in [0.717, 1.165) is 13.2 Å². The van der Waals surface area contributed by atoms with E-state index in [9.17, 15) is 18.0 Å². The number of hydrogen-bond donors (Lipinski definition) is 1. The monoisotopic (exact) mass is 234 g/mol. The lowest BCUT2D eigenvalue weighted by atomic mass is 10.2. The number of ether oxygens (including phenoxy) is 1. The second-order valence-corrected chi connectivity index (χ2v) is 2.96. The second-order valence-electron chi connectivity index (χ2n) is 2.96. The molecule has 0 amide bonds. The summed E-state index contributed by atoms with van der Waals surface area (Å²) >= 11 is 0. The molecule has 1 rings (SSSR count). The van der Waals surface area contributed by atoms with E-state index in [1.807, 2.05) is 0 Å². The van der Waals surface area contributed by atoms with Crippen molar-refractivity contribution in [3.8, 4) is 0 Å². The van der Waals surface area contributed by atoms with Gasteiger partial charge in [0.05, 0.1) is 30.5 Å². The van der Waals surface area contributed by atoms with E-state index >= 15 is 0 Å². The topological polar surface area (TPSA) is 65.2 Å². The van der Waals surface area contributed by atoms with Crippen LogP contribution in [0.2, 0.25) is 0 Å².